The van der Waals surface area contributed by atoms with Crippen LogP contribution in [0.3, 0.4) is 0 Å². The molecule has 13 rings (SSSR count). The van der Waals surface area contributed by atoms with Crippen LogP contribution in [-0.2, 0) is 32.7 Å². The predicted molar refractivity (Wildman–Crippen MR) is 207 cm³/mol. The van der Waals surface area contributed by atoms with Gasteiger partial charge < -0.3 is 9.13 Å². The third kappa shape index (κ3) is 4.67. The van der Waals surface area contributed by atoms with Gasteiger partial charge in [0.25, 0.3) is 0 Å². The Morgan fingerprint density at radius 1 is 0.480 bits per heavy atom. The van der Waals surface area contributed by atoms with Gasteiger partial charge in [-0.15, -0.1) is 0 Å². The van der Waals surface area contributed by atoms with E-state index in [2.05, 4.69) is 156 Å². The molecular formula is C46H36N4. The molecule has 4 nitrogen and oxygen atoms in total. The van der Waals surface area contributed by atoms with Gasteiger partial charge in [-0.2, -0.15) is 0 Å². The third-order valence-corrected chi connectivity index (χ3v) is 10.8. The van der Waals surface area contributed by atoms with Crippen molar-refractivity contribution < 1.29 is 0 Å². The van der Waals surface area contributed by atoms with Crippen molar-refractivity contribution >= 4 is 43.6 Å². The van der Waals surface area contributed by atoms with Gasteiger partial charge in [-0.05, 0) is 90.8 Å². The fourth-order valence-electron chi connectivity index (χ4n) is 8.39. The lowest BCUT2D eigenvalue weighted by Gasteiger charge is -2.11. The van der Waals surface area contributed by atoms with Crippen molar-refractivity contribution in [3.63, 3.8) is 0 Å². The van der Waals surface area contributed by atoms with Crippen molar-refractivity contribution in [2.24, 2.45) is 7.05 Å². The highest BCUT2D eigenvalue weighted by Crippen LogP contribution is 2.36. The molecule has 5 aromatic carbocycles. The smallest absolute Gasteiger partial charge is 0.0702 e. The van der Waals surface area contributed by atoms with E-state index in [1.807, 2.05) is 0 Å². The highest BCUT2D eigenvalue weighted by Gasteiger charge is 2.17. The normalized spacial score (nSPS) is 13.3. The average molecular weight is 645 g/mol. The maximum Gasteiger partial charge on any atom is 0.0702 e. The summed E-state index contributed by atoms with van der Waals surface area (Å²) in [7, 11) is 2.24. The van der Waals surface area contributed by atoms with E-state index in [0.717, 1.165) is 60.3 Å². The molecular weight excluding hydrogens is 609 g/mol. The molecule has 50 heavy (non-hydrogen) atoms. The van der Waals surface area contributed by atoms with Crippen molar-refractivity contribution in [2.75, 3.05) is 0 Å². The summed E-state index contributed by atoms with van der Waals surface area (Å²) in [5.41, 5.74) is 15.7. The Hall–Kier alpha value is -6.00. The highest BCUT2D eigenvalue weighted by atomic mass is 15.0. The molecule has 4 aliphatic heterocycles. The predicted octanol–water partition coefficient (Wildman–Crippen LogP) is 10.8. The van der Waals surface area contributed by atoms with Crippen molar-refractivity contribution in [2.45, 2.75) is 32.1 Å². The van der Waals surface area contributed by atoms with Gasteiger partial charge in [-0.3, -0.25) is 9.97 Å². The summed E-state index contributed by atoms with van der Waals surface area (Å²) in [6.45, 7) is 0. The molecule has 0 fully saturated rings. The van der Waals surface area contributed by atoms with Crippen LogP contribution < -0.4 is 0 Å². The summed E-state index contributed by atoms with van der Waals surface area (Å²) in [5, 5.41) is 5.17. The standard InChI is InChI=1S/C46H36N4/c1-49-45-32-9-4-8-30-19-24-42(47-28-30)35-22-23-38-37-14-2-3-17-43(37)50(44(38)27-35)36-13-5-12-34(26-36)41-25-20-31(29-48-41)18-21-33-11-7-16-40(46(33)49)39(45)15-6-10-32/h2-3,5-7,10-17,19-20,22-29H,4,8-9,18,21H2,1H3. The molecule has 0 N–H and O–H groups in total. The first-order valence-electron chi connectivity index (χ1n) is 17.7. The van der Waals surface area contributed by atoms with Gasteiger partial charge in [0, 0.05) is 57.8 Å². The number of pyridine rings is 2. The number of nitrogens with zero attached hydrogens (tertiary/aromatic N) is 4. The lowest BCUT2D eigenvalue weighted by molar-refractivity contribution is 0.816. The van der Waals surface area contributed by atoms with Crippen LogP contribution >= 0.6 is 0 Å². The van der Waals surface area contributed by atoms with Crippen molar-refractivity contribution in [3.8, 4) is 28.2 Å². The second kappa shape index (κ2) is 11.6. The molecule has 0 radical (unpaired) electrons. The van der Waals surface area contributed by atoms with Crippen molar-refractivity contribution in [1.29, 1.82) is 0 Å². The molecule has 10 bridgehead atoms. The van der Waals surface area contributed by atoms with Gasteiger partial charge >= 0.3 is 0 Å². The first-order valence-corrected chi connectivity index (χ1v) is 17.7. The highest BCUT2D eigenvalue weighted by molar-refractivity contribution is 6.11. The maximum absolute atomic E-state index is 4.99. The number of rotatable bonds is 0. The largest absolute Gasteiger partial charge is 0.343 e. The lowest BCUT2D eigenvalue weighted by Crippen LogP contribution is -1.99. The fourth-order valence-corrected chi connectivity index (χ4v) is 8.39. The van der Waals surface area contributed by atoms with E-state index in [4.69, 9.17) is 9.97 Å². The number of hydrogen-bond acceptors (Lipinski definition) is 2. The van der Waals surface area contributed by atoms with Crippen LogP contribution in [0.15, 0.2) is 140 Å². The Labute approximate surface area is 291 Å². The van der Waals surface area contributed by atoms with Crippen LogP contribution in [0, 0.1) is 0 Å². The number of aromatic nitrogens is 4. The Kier molecular flexibility index (Phi) is 6.70. The molecule has 8 heterocycles. The summed E-state index contributed by atoms with van der Waals surface area (Å²) < 4.78 is 4.83. The first-order chi connectivity index (χ1) is 24.7. The molecule has 0 atom stereocenters. The lowest BCUT2D eigenvalue weighted by atomic mass is 10.0. The fraction of sp³-hybridized carbons (Fsp3) is 0.130. The molecule has 4 aromatic heterocycles. The summed E-state index contributed by atoms with van der Waals surface area (Å²) in [5.74, 6) is 0. The number of fused-ring (bicyclic) bond motifs is 3. The van der Waals surface area contributed by atoms with Gasteiger partial charge in [0.15, 0.2) is 0 Å². The van der Waals surface area contributed by atoms with Crippen LogP contribution in [-0.4, -0.2) is 19.1 Å². The molecule has 0 spiro atoms. The number of para-hydroxylation sites is 3. The second-order valence-electron chi connectivity index (χ2n) is 13.8. The van der Waals surface area contributed by atoms with E-state index in [0.29, 0.717) is 0 Å². The monoisotopic (exact) mass is 644 g/mol. The molecule has 0 saturated carbocycles. The van der Waals surface area contributed by atoms with Gasteiger partial charge in [0.2, 0.25) is 0 Å². The quantitative estimate of drug-likeness (QED) is 0.165. The van der Waals surface area contributed by atoms with Gasteiger partial charge in [-0.1, -0.05) is 91.0 Å². The third-order valence-electron chi connectivity index (χ3n) is 10.8. The van der Waals surface area contributed by atoms with Gasteiger partial charge in [0.1, 0.15) is 0 Å². The molecule has 0 saturated heterocycles. The van der Waals surface area contributed by atoms with Crippen LogP contribution in [0.5, 0.6) is 0 Å². The molecule has 4 aliphatic rings. The topological polar surface area (TPSA) is 35.6 Å². The van der Waals surface area contributed by atoms with E-state index in [1.54, 1.807) is 0 Å². The zero-order valence-corrected chi connectivity index (χ0v) is 28.1. The Morgan fingerprint density at radius 2 is 1.12 bits per heavy atom. The summed E-state index contributed by atoms with van der Waals surface area (Å²) >= 11 is 0. The first kappa shape index (κ1) is 29.0. The molecule has 0 aliphatic carbocycles. The van der Waals surface area contributed by atoms with Crippen LogP contribution in [0.4, 0.5) is 0 Å². The Balaban J connectivity index is 1.13. The van der Waals surface area contributed by atoms with Crippen LogP contribution in [0.25, 0.3) is 71.8 Å². The Morgan fingerprint density at radius 3 is 1.86 bits per heavy atom. The summed E-state index contributed by atoms with van der Waals surface area (Å²) in [6, 6.07) is 46.8. The zero-order valence-electron chi connectivity index (χ0n) is 28.1. The molecule has 0 unspecified atom stereocenters. The van der Waals surface area contributed by atoms with Crippen LogP contribution in [0.1, 0.15) is 28.7 Å². The number of hydrogen-bond donors (Lipinski definition) is 0. The van der Waals surface area contributed by atoms with Crippen molar-refractivity contribution in [1.82, 2.24) is 19.1 Å². The summed E-state index contributed by atoms with van der Waals surface area (Å²) in [6.07, 6.45) is 9.13. The van der Waals surface area contributed by atoms with Crippen LogP contribution in [0.2, 0.25) is 0 Å². The van der Waals surface area contributed by atoms with Crippen molar-refractivity contribution in [3.05, 3.63) is 162 Å². The van der Waals surface area contributed by atoms with E-state index >= 15 is 0 Å². The molecule has 0 amide bonds. The minimum absolute atomic E-state index is 0.942. The van der Waals surface area contributed by atoms with E-state index < -0.39 is 0 Å². The van der Waals surface area contributed by atoms with E-state index in [1.165, 1.54) is 65.9 Å². The average Bonchev–Trinajstić information content (AvgIpc) is 3.66. The summed E-state index contributed by atoms with van der Waals surface area (Å²) in [4.78, 5) is 9.98. The zero-order chi connectivity index (χ0) is 33.2. The van der Waals surface area contributed by atoms with E-state index in [9.17, 15) is 0 Å². The number of aryl methyl sites for hydroxylation is 5. The Bertz CT molecular complexity index is 2730. The minimum Gasteiger partial charge on any atom is -0.343 e. The van der Waals surface area contributed by atoms with Gasteiger partial charge in [-0.25, -0.2) is 0 Å². The number of benzene rings is 5. The second-order valence-corrected chi connectivity index (χ2v) is 13.8. The molecule has 4 heteroatoms. The SMILES string of the molecule is Cn1c2c3cccc2c2cccc(c21)CCc1ccc(nc1)-c1cccc(c1)-n1c2ccccc2c2ccc(cc21)-c1ccc(cn1)CCC3. The van der Waals surface area contributed by atoms with Gasteiger partial charge in [0.05, 0.1) is 33.5 Å². The van der Waals surface area contributed by atoms with E-state index in [-0.39, 0.29) is 0 Å². The minimum atomic E-state index is 0.942. The maximum atomic E-state index is 4.99. The molecule has 240 valence electrons. The molecule has 9 aromatic rings.